The predicted octanol–water partition coefficient (Wildman–Crippen LogP) is 18.4. The van der Waals surface area contributed by atoms with Crippen molar-refractivity contribution in [1.82, 2.24) is 0 Å². The Morgan fingerprint density at radius 1 is 0.304 bits per heavy atom. The summed E-state index contributed by atoms with van der Waals surface area (Å²) >= 11 is 0. The minimum absolute atomic E-state index is 0.145. The molecule has 386 valence electrons. The first-order valence-corrected chi connectivity index (χ1v) is 27.3. The molecule has 0 amide bonds. The molecule has 0 saturated carbocycles. The number of carbonyl (C=O) groups excluding carboxylic acids is 3. The van der Waals surface area contributed by atoms with Gasteiger partial charge in [0.2, 0.25) is 0 Å². The number of unbranched alkanes of at least 4 members (excludes halogenated alkanes) is 12. The number of hydrogen-bond acceptors (Lipinski definition) is 6. The van der Waals surface area contributed by atoms with E-state index in [1.807, 2.05) is 24.3 Å². The van der Waals surface area contributed by atoms with Gasteiger partial charge in [-0.3, -0.25) is 14.4 Å². The molecule has 0 aliphatic heterocycles. The molecular formula is C63H98O6. The van der Waals surface area contributed by atoms with Gasteiger partial charge in [-0.05, 0) is 96.3 Å². The van der Waals surface area contributed by atoms with Crippen molar-refractivity contribution >= 4 is 17.9 Å². The fraction of sp³-hybridized carbons (Fsp3) is 0.571. The maximum absolute atomic E-state index is 12.8. The number of ether oxygens (including phenoxy) is 3. The van der Waals surface area contributed by atoms with E-state index in [1.165, 1.54) is 64.2 Å². The van der Waals surface area contributed by atoms with Crippen LogP contribution in [0.15, 0.2) is 146 Å². The zero-order valence-electron chi connectivity index (χ0n) is 44.0. The fourth-order valence-corrected chi connectivity index (χ4v) is 6.85. The van der Waals surface area contributed by atoms with Gasteiger partial charge in [-0.25, -0.2) is 0 Å². The van der Waals surface area contributed by atoms with E-state index in [9.17, 15) is 14.4 Å². The van der Waals surface area contributed by atoms with E-state index < -0.39 is 6.10 Å². The Kier molecular flexibility index (Phi) is 52.1. The summed E-state index contributed by atoms with van der Waals surface area (Å²) in [5.41, 5.74) is 0. The molecule has 0 unspecified atom stereocenters. The minimum Gasteiger partial charge on any atom is -0.462 e. The maximum Gasteiger partial charge on any atom is 0.306 e. The standard InChI is InChI=1S/C63H98O6/c1-4-7-10-13-16-19-22-25-27-29-31-33-35-38-40-43-46-49-52-55-61(64)67-58-60(69-63(66)57-54-51-48-45-42-37-24-21-18-15-12-9-6-3)59-68-62(65)56-53-50-47-44-41-39-36-34-32-30-28-26-23-20-17-14-11-8-5-2/h7-8,10-11,16-17,19-20,25-28,31-34,38-41,46-47,49-50,60H,4-6,9,12-15,18,21-24,29-30,35-37,42-45,48,51-59H2,1-3H3/b10-7+,11-8+,19-16+,20-17+,27-25+,28-26+,33-31+,34-32+,40-38+,41-39+,49-46+,50-47+. The lowest BCUT2D eigenvalue weighted by Gasteiger charge is -2.18. The second kappa shape index (κ2) is 55.9. The third-order valence-corrected chi connectivity index (χ3v) is 10.9. The average molecular weight is 951 g/mol. The second-order valence-corrected chi connectivity index (χ2v) is 17.4. The molecule has 0 radical (unpaired) electrons. The van der Waals surface area contributed by atoms with Gasteiger partial charge in [0.05, 0.1) is 0 Å². The molecule has 6 nitrogen and oxygen atoms in total. The molecule has 0 aromatic carbocycles. The summed E-state index contributed by atoms with van der Waals surface area (Å²) in [6, 6.07) is 0. The first kappa shape index (κ1) is 64.3. The van der Waals surface area contributed by atoms with Crippen LogP contribution in [0.25, 0.3) is 0 Å². The van der Waals surface area contributed by atoms with Crippen LogP contribution in [0, 0.1) is 0 Å². The van der Waals surface area contributed by atoms with Gasteiger partial charge in [0.15, 0.2) is 6.10 Å². The maximum atomic E-state index is 12.8. The second-order valence-electron chi connectivity index (χ2n) is 17.4. The lowest BCUT2D eigenvalue weighted by Crippen LogP contribution is -2.30. The molecule has 0 rings (SSSR count). The van der Waals surface area contributed by atoms with Gasteiger partial charge in [-0.1, -0.05) is 244 Å². The lowest BCUT2D eigenvalue weighted by molar-refractivity contribution is -0.166. The number of esters is 3. The molecule has 0 spiro atoms. The molecule has 6 heteroatoms. The third kappa shape index (κ3) is 54.1. The third-order valence-electron chi connectivity index (χ3n) is 10.9. The van der Waals surface area contributed by atoms with Crippen molar-refractivity contribution in [2.45, 2.75) is 219 Å². The van der Waals surface area contributed by atoms with Crippen LogP contribution in [0.1, 0.15) is 213 Å². The zero-order chi connectivity index (χ0) is 50.0. The van der Waals surface area contributed by atoms with Crippen LogP contribution in [0.4, 0.5) is 0 Å². The fourth-order valence-electron chi connectivity index (χ4n) is 6.85. The van der Waals surface area contributed by atoms with E-state index in [4.69, 9.17) is 14.2 Å². The molecule has 0 aromatic heterocycles. The Hall–Kier alpha value is -4.71. The Morgan fingerprint density at radius 3 is 0.855 bits per heavy atom. The molecule has 0 aromatic rings. The molecule has 0 N–H and O–H groups in total. The quantitative estimate of drug-likeness (QED) is 0.0262. The molecule has 0 fully saturated rings. The molecule has 0 bridgehead atoms. The first-order valence-electron chi connectivity index (χ1n) is 27.3. The van der Waals surface area contributed by atoms with Gasteiger partial charge in [0.25, 0.3) is 0 Å². The molecule has 0 aliphatic rings. The van der Waals surface area contributed by atoms with E-state index in [1.54, 1.807) is 0 Å². The van der Waals surface area contributed by atoms with Crippen molar-refractivity contribution in [3.63, 3.8) is 0 Å². The number of hydrogen-bond donors (Lipinski definition) is 0. The van der Waals surface area contributed by atoms with Crippen molar-refractivity contribution in [2.24, 2.45) is 0 Å². The highest BCUT2D eigenvalue weighted by Crippen LogP contribution is 2.14. The minimum atomic E-state index is -0.843. The Balaban J connectivity index is 4.62. The monoisotopic (exact) mass is 951 g/mol. The van der Waals surface area contributed by atoms with Crippen LogP contribution in [-0.4, -0.2) is 37.2 Å². The smallest absolute Gasteiger partial charge is 0.306 e. The normalized spacial score (nSPS) is 12.9. The summed E-state index contributed by atoms with van der Waals surface area (Å²) in [6.45, 7) is 6.26. The van der Waals surface area contributed by atoms with E-state index in [0.29, 0.717) is 19.3 Å². The van der Waals surface area contributed by atoms with Gasteiger partial charge < -0.3 is 14.2 Å². The molecule has 0 saturated heterocycles. The molecule has 69 heavy (non-hydrogen) atoms. The van der Waals surface area contributed by atoms with Crippen LogP contribution in [0.5, 0.6) is 0 Å². The van der Waals surface area contributed by atoms with Gasteiger partial charge in [0, 0.05) is 19.3 Å². The largest absolute Gasteiger partial charge is 0.462 e. The summed E-state index contributed by atoms with van der Waals surface area (Å²) in [5.74, 6) is -1.11. The van der Waals surface area contributed by atoms with E-state index in [2.05, 4.69) is 142 Å². The highest BCUT2D eigenvalue weighted by Gasteiger charge is 2.19. The zero-order valence-corrected chi connectivity index (χ0v) is 44.0. The highest BCUT2D eigenvalue weighted by molar-refractivity contribution is 5.71. The Bertz CT molecular complexity index is 1470. The summed E-state index contributed by atoms with van der Waals surface area (Å²) in [7, 11) is 0. The SMILES string of the molecule is CC/C=C/C/C=C/C/C=C/C/C=C/C/C=C/C/C=C/CCC(=O)OCC(COC(=O)CC/C=C/C/C=C/C/C=C/C/C=C/C/C=C/C/C=C/CC)OC(=O)CCCCCCCCCCCCCCC. The highest BCUT2D eigenvalue weighted by atomic mass is 16.6. The van der Waals surface area contributed by atoms with Gasteiger partial charge in [-0.15, -0.1) is 0 Å². The van der Waals surface area contributed by atoms with Gasteiger partial charge >= 0.3 is 17.9 Å². The summed E-state index contributed by atoms with van der Waals surface area (Å²) < 4.78 is 16.7. The summed E-state index contributed by atoms with van der Waals surface area (Å²) in [4.78, 5) is 38.0. The van der Waals surface area contributed by atoms with Crippen LogP contribution in [-0.2, 0) is 28.6 Å². The summed E-state index contributed by atoms with van der Waals surface area (Å²) in [5, 5.41) is 0. The average Bonchev–Trinajstić information content (AvgIpc) is 3.35. The van der Waals surface area contributed by atoms with E-state index >= 15 is 0 Å². The Morgan fingerprint density at radius 2 is 0.565 bits per heavy atom. The van der Waals surface area contributed by atoms with Crippen molar-refractivity contribution in [3.8, 4) is 0 Å². The molecule has 0 aliphatic carbocycles. The Labute approximate surface area is 423 Å². The van der Waals surface area contributed by atoms with Crippen molar-refractivity contribution < 1.29 is 28.6 Å². The molecular weight excluding hydrogens is 853 g/mol. The summed E-state index contributed by atoms with van der Waals surface area (Å²) in [6.07, 6.45) is 80.0. The number of carbonyl (C=O) groups is 3. The van der Waals surface area contributed by atoms with Crippen molar-refractivity contribution in [3.05, 3.63) is 146 Å². The van der Waals surface area contributed by atoms with Gasteiger partial charge in [0.1, 0.15) is 13.2 Å². The van der Waals surface area contributed by atoms with Crippen molar-refractivity contribution in [1.29, 1.82) is 0 Å². The predicted molar refractivity (Wildman–Crippen MR) is 297 cm³/mol. The van der Waals surface area contributed by atoms with Crippen LogP contribution in [0.3, 0.4) is 0 Å². The van der Waals surface area contributed by atoms with E-state index in [-0.39, 0.29) is 44.0 Å². The van der Waals surface area contributed by atoms with E-state index in [0.717, 1.165) is 96.3 Å². The van der Waals surface area contributed by atoms with Crippen molar-refractivity contribution in [2.75, 3.05) is 13.2 Å². The lowest BCUT2D eigenvalue weighted by atomic mass is 10.0. The number of rotatable bonds is 47. The molecule has 0 heterocycles. The van der Waals surface area contributed by atoms with Crippen LogP contribution in [0.2, 0.25) is 0 Å². The first-order chi connectivity index (χ1) is 34.0. The van der Waals surface area contributed by atoms with Crippen LogP contribution >= 0.6 is 0 Å². The topological polar surface area (TPSA) is 78.9 Å². The van der Waals surface area contributed by atoms with Crippen LogP contribution < -0.4 is 0 Å². The molecule has 0 atom stereocenters. The van der Waals surface area contributed by atoms with Gasteiger partial charge in [-0.2, -0.15) is 0 Å². The number of allylic oxidation sites excluding steroid dienone is 24.